The quantitative estimate of drug-likeness (QED) is 0.902. The van der Waals surface area contributed by atoms with E-state index in [9.17, 15) is 14.0 Å². The lowest BCUT2D eigenvalue weighted by atomic mass is 9.89. The fourth-order valence-electron chi connectivity index (χ4n) is 2.71. The molecular weight excluding hydrogens is 301 g/mol. The highest BCUT2D eigenvalue weighted by Crippen LogP contribution is 2.29. The van der Waals surface area contributed by atoms with Gasteiger partial charge in [-0.1, -0.05) is 0 Å². The van der Waals surface area contributed by atoms with E-state index in [2.05, 4.69) is 0 Å². The molecule has 1 aliphatic rings. The second-order valence-corrected chi connectivity index (χ2v) is 6.84. The van der Waals surface area contributed by atoms with Gasteiger partial charge < -0.3 is 14.7 Å². The molecule has 1 aromatic rings. The van der Waals surface area contributed by atoms with Gasteiger partial charge >= 0.3 is 12.1 Å². The van der Waals surface area contributed by atoms with Gasteiger partial charge in [0.1, 0.15) is 11.4 Å². The van der Waals surface area contributed by atoms with E-state index < -0.39 is 23.5 Å². The standard InChI is InChI=1S/C17H22FNO4/c1-17(2,3)23-16(22)19-6-4-5-11(10-19)12-7-13(15(20)21)9-14(18)8-12/h7-9,11H,4-6,10H2,1-3H3,(H,20,21). The van der Waals surface area contributed by atoms with Gasteiger partial charge in [-0.25, -0.2) is 14.0 Å². The van der Waals surface area contributed by atoms with Gasteiger partial charge in [0.25, 0.3) is 0 Å². The summed E-state index contributed by atoms with van der Waals surface area (Å²) in [4.78, 5) is 24.8. The van der Waals surface area contributed by atoms with Crippen molar-refractivity contribution in [2.75, 3.05) is 13.1 Å². The van der Waals surface area contributed by atoms with Crippen molar-refractivity contribution in [1.82, 2.24) is 4.90 Å². The normalized spacial score (nSPS) is 18.6. The fraction of sp³-hybridized carbons (Fsp3) is 0.529. The third kappa shape index (κ3) is 4.68. The molecule has 2 rings (SSSR count). The number of benzene rings is 1. The maximum absolute atomic E-state index is 13.7. The zero-order valence-corrected chi connectivity index (χ0v) is 13.6. The van der Waals surface area contributed by atoms with Crippen molar-refractivity contribution in [3.8, 4) is 0 Å². The Hall–Kier alpha value is -2.11. The molecule has 0 aliphatic carbocycles. The number of carbonyl (C=O) groups is 2. The minimum Gasteiger partial charge on any atom is -0.478 e. The third-order valence-electron chi connectivity index (χ3n) is 3.71. The molecule has 1 saturated heterocycles. The summed E-state index contributed by atoms with van der Waals surface area (Å²) in [6, 6.07) is 3.82. The molecule has 0 spiro atoms. The number of rotatable bonds is 2. The van der Waals surface area contributed by atoms with Crippen molar-refractivity contribution in [2.24, 2.45) is 0 Å². The molecule has 5 nitrogen and oxygen atoms in total. The minimum atomic E-state index is -1.16. The highest BCUT2D eigenvalue weighted by molar-refractivity contribution is 5.87. The van der Waals surface area contributed by atoms with Crippen LogP contribution < -0.4 is 0 Å². The summed E-state index contributed by atoms with van der Waals surface area (Å²) >= 11 is 0. The molecule has 1 fully saturated rings. The van der Waals surface area contributed by atoms with Gasteiger partial charge in [0, 0.05) is 19.0 Å². The summed E-state index contributed by atoms with van der Waals surface area (Å²) in [6.07, 6.45) is 1.15. The zero-order chi connectivity index (χ0) is 17.2. The van der Waals surface area contributed by atoms with Crippen LogP contribution in [-0.4, -0.2) is 40.8 Å². The van der Waals surface area contributed by atoms with Crippen LogP contribution in [-0.2, 0) is 4.74 Å². The number of hydrogen-bond acceptors (Lipinski definition) is 3. The molecule has 1 heterocycles. The van der Waals surface area contributed by atoms with Gasteiger partial charge in [-0.15, -0.1) is 0 Å². The molecule has 0 radical (unpaired) electrons. The summed E-state index contributed by atoms with van der Waals surface area (Å²) in [6.45, 7) is 6.40. The third-order valence-corrected chi connectivity index (χ3v) is 3.71. The average Bonchev–Trinajstić information content (AvgIpc) is 2.45. The number of amides is 1. The van der Waals surface area contributed by atoms with Gasteiger partial charge in [-0.05, 0) is 57.4 Å². The van der Waals surface area contributed by atoms with Crippen LogP contribution in [0.2, 0.25) is 0 Å². The predicted molar refractivity (Wildman–Crippen MR) is 83.1 cm³/mol. The summed E-state index contributed by atoms with van der Waals surface area (Å²) in [7, 11) is 0. The first-order valence-corrected chi connectivity index (χ1v) is 7.67. The van der Waals surface area contributed by atoms with Gasteiger partial charge in [0.05, 0.1) is 5.56 Å². The minimum absolute atomic E-state index is 0.0746. The average molecular weight is 323 g/mol. The number of nitrogens with zero attached hydrogens (tertiary/aromatic N) is 1. The Morgan fingerprint density at radius 2 is 2.00 bits per heavy atom. The van der Waals surface area contributed by atoms with Crippen LogP contribution in [0.3, 0.4) is 0 Å². The maximum Gasteiger partial charge on any atom is 0.410 e. The first kappa shape index (κ1) is 17.2. The Labute approximate surface area is 135 Å². The summed E-state index contributed by atoms with van der Waals surface area (Å²) in [5.74, 6) is -1.83. The summed E-state index contributed by atoms with van der Waals surface area (Å²) in [5.41, 5.74) is -0.0376. The monoisotopic (exact) mass is 323 g/mol. The van der Waals surface area contributed by atoms with Gasteiger partial charge in [0.2, 0.25) is 0 Å². The van der Waals surface area contributed by atoms with Crippen molar-refractivity contribution >= 4 is 12.1 Å². The van der Waals surface area contributed by atoms with Crippen molar-refractivity contribution in [3.05, 3.63) is 35.1 Å². The lowest BCUT2D eigenvalue weighted by Crippen LogP contribution is -2.42. The number of halogens is 1. The largest absolute Gasteiger partial charge is 0.478 e. The molecule has 126 valence electrons. The summed E-state index contributed by atoms with van der Waals surface area (Å²) in [5, 5.41) is 9.05. The molecule has 1 aliphatic heterocycles. The van der Waals surface area contributed by atoms with Crippen LogP contribution in [0.4, 0.5) is 9.18 Å². The molecule has 0 saturated carbocycles. The van der Waals surface area contributed by atoms with Crippen LogP contribution in [0, 0.1) is 5.82 Å². The number of carbonyl (C=O) groups excluding carboxylic acids is 1. The Balaban J connectivity index is 2.15. The molecule has 1 amide bonds. The lowest BCUT2D eigenvalue weighted by Gasteiger charge is -2.34. The van der Waals surface area contributed by atoms with Crippen LogP contribution in [0.5, 0.6) is 0 Å². The Morgan fingerprint density at radius 1 is 1.30 bits per heavy atom. The van der Waals surface area contributed by atoms with Crippen molar-refractivity contribution in [1.29, 1.82) is 0 Å². The van der Waals surface area contributed by atoms with Crippen LogP contribution in [0.1, 0.15) is 55.5 Å². The number of ether oxygens (including phenoxy) is 1. The first-order chi connectivity index (χ1) is 10.7. The first-order valence-electron chi connectivity index (χ1n) is 7.67. The van der Waals surface area contributed by atoms with E-state index in [0.29, 0.717) is 18.7 Å². The number of piperidine rings is 1. The lowest BCUT2D eigenvalue weighted by molar-refractivity contribution is 0.0198. The second-order valence-electron chi connectivity index (χ2n) is 6.84. The van der Waals surface area contributed by atoms with Gasteiger partial charge in [-0.2, -0.15) is 0 Å². The Bertz CT molecular complexity index is 609. The Morgan fingerprint density at radius 3 is 2.61 bits per heavy atom. The van der Waals surface area contributed by atoms with E-state index in [1.807, 2.05) is 0 Å². The zero-order valence-electron chi connectivity index (χ0n) is 13.6. The number of likely N-dealkylation sites (tertiary alicyclic amines) is 1. The Kier molecular flexibility index (Phi) is 4.92. The van der Waals surface area contributed by atoms with Crippen LogP contribution in [0.25, 0.3) is 0 Å². The number of carboxylic acid groups (broad SMARTS) is 1. The SMILES string of the molecule is CC(C)(C)OC(=O)N1CCCC(c2cc(F)cc(C(=O)O)c2)C1. The van der Waals surface area contributed by atoms with Crippen LogP contribution >= 0.6 is 0 Å². The molecule has 1 atom stereocenters. The van der Waals surface area contributed by atoms with Crippen molar-refractivity contribution in [3.63, 3.8) is 0 Å². The molecular formula is C17H22FNO4. The second kappa shape index (κ2) is 6.56. The van der Waals surface area contributed by atoms with E-state index in [1.54, 1.807) is 25.7 Å². The fourth-order valence-corrected chi connectivity index (χ4v) is 2.71. The molecule has 0 aromatic heterocycles. The van der Waals surface area contributed by atoms with Crippen molar-refractivity contribution < 1.29 is 23.8 Å². The van der Waals surface area contributed by atoms with E-state index in [0.717, 1.165) is 18.9 Å². The predicted octanol–water partition coefficient (Wildman–Crippen LogP) is 3.64. The number of carboxylic acids is 1. The molecule has 0 bridgehead atoms. The molecule has 1 aromatic carbocycles. The van der Waals surface area contributed by atoms with Crippen LogP contribution in [0.15, 0.2) is 18.2 Å². The molecule has 1 unspecified atom stereocenters. The summed E-state index contributed by atoms with van der Waals surface area (Å²) < 4.78 is 19.0. The van der Waals surface area contributed by atoms with Gasteiger partial charge in [0.15, 0.2) is 0 Å². The van der Waals surface area contributed by atoms with E-state index in [4.69, 9.17) is 9.84 Å². The van der Waals surface area contributed by atoms with E-state index in [-0.39, 0.29) is 11.5 Å². The van der Waals surface area contributed by atoms with Gasteiger partial charge in [-0.3, -0.25) is 0 Å². The molecule has 1 N–H and O–H groups in total. The number of hydrogen-bond donors (Lipinski definition) is 1. The van der Waals surface area contributed by atoms with E-state index in [1.165, 1.54) is 12.1 Å². The molecule has 6 heteroatoms. The smallest absolute Gasteiger partial charge is 0.410 e. The van der Waals surface area contributed by atoms with E-state index >= 15 is 0 Å². The number of aromatic carboxylic acids is 1. The van der Waals surface area contributed by atoms with Crippen molar-refractivity contribution in [2.45, 2.75) is 45.1 Å². The topological polar surface area (TPSA) is 66.8 Å². The highest BCUT2D eigenvalue weighted by atomic mass is 19.1. The highest BCUT2D eigenvalue weighted by Gasteiger charge is 2.28. The maximum atomic E-state index is 13.7. The molecule has 23 heavy (non-hydrogen) atoms.